The fourth-order valence-electron chi connectivity index (χ4n) is 1.38. The van der Waals surface area contributed by atoms with E-state index in [0.717, 1.165) is 26.2 Å². The second-order valence-electron chi connectivity index (χ2n) is 3.56. The molecule has 0 bridgehead atoms. The minimum atomic E-state index is 0.933. The topological polar surface area (TPSA) is 37.0 Å². The predicted molar refractivity (Wildman–Crippen MR) is 59.4 cm³/mol. The van der Waals surface area contributed by atoms with Gasteiger partial charge in [-0.2, -0.15) is 0 Å². The Morgan fingerprint density at radius 1 is 1.64 bits per heavy atom. The monoisotopic (exact) mass is 209 g/mol. The minimum absolute atomic E-state index is 0.933. The Hall–Kier alpha value is -0.710. The first-order valence-corrected chi connectivity index (χ1v) is 5.70. The Balaban J connectivity index is 1.73. The molecule has 0 saturated carbocycles. The molecule has 2 heterocycles. The van der Waals surface area contributed by atoms with E-state index < -0.39 is 0 Å². The highest BCUT2D eigenvalue weighted by Crippen LogP contribution is 2.08. The molecule has 1 aromatic heterocycles. The van der Waals surface area contributed by atoms with Gasteiger partial charge in [-0.3, -0.25) is 4.98 Å². The average Bonchev–Trinajstić information content (AvgIpc) is 2.53. The largest absolute Gasteiger partial charge is 0.309 e. The van der Waals surface area contributed by atoms with Gasteiger partial charge in [0.05, 0.1) is 5.51 Å². The molecular formula is C10H15N3S. The minimum Gasteiger partial charge on any atom is -0.309 e. The zero-order valence-electron chi connectivity index (χ0n) is 8.34. The van der Waals surface area contributed by atoms with Gasteiger partial charge in [0.2, 0.25) is 0 Å². The molecule has 0 unspecified atom stereocenters. The van der Waals surface area contributed by atoms with E-state index in [1.165, 1.54) is 10.5 Å². The summed E-state index contributed by atoms with van der Waals surface area (Å²) in [7, 11) is 0. The summed E-state index contributed by atoms with van der Waals surface area (Å²) in [4.78, 5) is 5.34. The zero-order valence-corrected chi connectivity index (χ0v) is 9.16. The molecule has 1 aromatic rings. The lowest BCUT2D eigenvalue weighted by Crippen LogP contribution is -2.36. The van der Waals surface area contributed by atoms with Crippen molar-refractivity contribution in [2.45, 2.75) is 13.5 Å². The predicted octanol–water partition coefficient (Wildman–Crippen LogP) is 1.15. The van der Waals surface area contributed by atoms with Crippen molar-refractivity contribution >= 4 is 11.3 Å². The summed E-state index contributed by atoms with van der Waals surface area (Å²) in [5, 5.41) is 6.67. The molecule has 0 aromatic carbocycles. The van der Waals surface area contributed by atoms with Crippen LogP contribution in [0.1, 0.15) is 11.8 Å². The lowest BCUT2D eigenvalue weighted by atomic mass is 10.0. The van der Waals surface area contributed by atoms with Gasteiger partial charge in [-0.05, 0) is 12.5 Å². The smallest absolute Gasteiger partial charge is 0.0794 e. The third-order valence-electron chi connectivity index (χ3n) is 2.45. The molecule has 4 heteroatoms. The lowest BCUT2D eigenvalue weighted by Gasteiger charge is -2.22. The Labute approximate surface area is 88.3 Å². The van der Waals surface area contributed by atoms with Gasteiger partial charge >= 0.3 is 0 Å². The van der Waals surface area contributed by atoms with Gasteiger partial charge in [-0.1, -0.05) is 5.57 Å². The summed E-state index contributed by atoms with van der Waals surface area (Å²) in [5.41, 5.74) is 4.91. The van der Waals surface area contributed by atoms with E-state index in [4.69, 9.17) is 0 Å². The van der Waals surface area contributed by atoms with Crippen LogP contribution < -0.4 is 10.6 Å². The number of nitrogens with one attached hydrogen (secondary N) is 2. The summed E-state index contributed by atoms with van der Waals surface area (Å²) < 4.78 is 0. The molecule has 2 N–H and O–H groups in total. The van der Waals surface area contributed by atoms with E-state index >= 15 is 0 Å². The van der Waals surface area contributed by atoms with Crippen molar-refractivity contribution < 1.29 is 0 Å². The molecule has 0 spiro atoms. The average molecular weight is 209 g/mol. The fourth-order valence-corrected chi connectivity index (χ4v) is 1.94. The van der Waals surface area contributed by atoms with Crippen LogP contribution in [-0.4, -0.2) is 24.6 Å². The van der Waals surface area contributed by atoms with E-state index in [0.29, 0.717) is 0 Å². The number of aromatic nitrogens is 1. The summed E-state index contributed by atoms with van der Waals surface area (Å²) in [5.74, 6) is 0. The van der Waals surface area contributed by atoms with Crippen LogP contribution in [0.25, 0.3) is 0 Å². The van der Waals surface area contributed by atoms with E-state index in [9.17, 15) is 0 Å². The molecule has 0 amide bonds. The SMILES string of the molecule is CC(CNCc1cncs1)=C1CNC1. The van der Waals surface area contributed by atoms with Crippen molar-refractivity contribution in [3.05, 3.63) is 27.7 Å². The highest BCUT2D eigenvalue weighted by atomic mass is 32.1. The first-order chi connectivity index (χ1) is 6.86. The molecule has 76 valence electrons. The molecule has 0 aliphatic carbocycles. The number of nitrogens with zero attached hydrogens (tertiary/aromatic N) is 1. The molecule has 14 heavy (non-hydrogen) atoms. The molecule has 0 radical (unpaired) electrons. The third-order valence-corrected chi connectivity index (χ3v) is 3.23. The highest BCUT2D eigenvalue weighted by molar-refractivity contribution is 7.09. The number of rotatable bonds is 4. The fraction of sp³-hybridized carbons (Fsp3) is 0.500. The highest BCUT2D eigenvalue weighted by Gasteiger charge is 2.09. The zero-order chi connectivity index (χ0) is 9.80. The summed E-state index contributed by atoms with van der Waals surface area (Å²) in [6, 6.07) is 0. The van der Waals surface area contributed by atoms with Crippen LogP contribution in [-0.2, 0) is 6.54 Å². The summed E-state index contributed by atoms with van der Waals surface area (Å²) in [6.07, 6.45) is 1.92. The Kier molecular flexibility index (Phi) is 3.29. The second-order valence-corrected chi connectivity index (χ2v) is 4.53. The van der Waals surface area contributed by atoms with E-state index in [1.54, 1.807) is 16.9 Å². The third kappa shape index (κ3) is 2.41. The molecule has 1 aliphatic heterocycles. The second kappa shape index (κ2) is 4.68. The van der Waals surface area contributed by atoms with Crippen LogP contribution >= 0.6 is 11.3 Å². The first kappa shape index (κ1) is 9.83. The van der Waals surface area contributed by atoms with Crippen molar-refractivity contribution in [3.63, 3.8) is 0 Å². The van der Waals surface area contributed by atoms with Gasteiger partial charge in [0, 0.05) is 37.3 Å². The van der Waals surface area contributed by atoms with Crippen LogP contribution in [0.2, 0.25) is 0 Å². The number of hydrogen-bond donors (Lipinski definition) is 2. The van der Waals surface area contributed by atoms with Crippen molar-refractivity contribution in [1.82, 2.24) is 15.6 Å². The Morgan fingerprint density at radius 3 is 3.07 bits per heavy atom. The lowest BCUT2D eigenvalue weighted by molar-refractivity contribution is 0.641. The maximum absolute atomic E-state index is 4.04. The van der Waals surface area contributed by atoms with E-state index in [1.807, 2.05) is 11.7 Å². The van der Waals surface area contributed by atoms with Crippen LogP contribution in [0.15, 0.2) is 22.9 Å². The maximum Gasteiger partial charge on any atom is 0.0794 e. The Morgan fingerprint density at radius 2 is 2.50 bits per heavy atom. The molecule has 1 aliphatic rings. The van der Waals surface area contributed by atoms with Crippen LogP contribution in [0, 0.1) is 0 Å². The quantitative estimate of drug-likeness (QED) is 0.731. The standard InChI is InChI=1S/C10H15N3S/c1-8(9-3-12-4-9)2-11-5-10-6-13-7-14-10/h6-7,11-12H,2-5H2,1H3. The normalized spacial score (nSPS) is 15.4. The van der Waals surface area contributed by atoms with Crippen molar-refractivity contribution in [2.75, 3.05) is 19.6 Å². The van der Waals surface area contributed by atoms with E-state index in [-0.39, 0.29) is 0 Å². The van der Waals surface area contributed by atoms with Crippen LogP contribution in [0.3, 0.4) is 0 Å². The van der Waals surface area contributed by atoms with Crippen LogP contribution in [0.5, 0.6) is 0 Å². The van der Waals surface area contributed by atoms with Gasteiger partial charge in [-0.15, -0.1) is 11.3 Å². The van der Waals surface area contributed by atoms with Gasteiger partial charge in [-0.25, -0.2) is 0 Å². The van der Waals surface area contributed by atoms with Gasteiger partial charge < -0.3 is 10.6 Å². The van der Waals surface area contributed by atoms with Crippen molar-refractivity contribution in [2.24, 2.45) is 0 Å². The van der Waals surface area contributed by atoms with E-state index in [2.05, 4.69) is 22.5 Å². The number of hydrogen-bond acceptors (Lipinski definition) is 4. The molecular weight excluding hydrogens is 194 g/mol. The van der Waals surface area contributed by atoms with Gasteiger partial charge in [0.25, 0.3) is 0 Å². The van der Waals surface area contributed by atoms with Crippen LogP contribution in [0.4, 0.5) is 0 Å². The molecule has 0 atom stereocenters. The molecule has 2 rings (SSSR count). The summed E-state index contributed by atoms with van der Waals surface area (Å²) in [6.45, 7) is 6.29. The van der Waals surface area contributed by atoms with Crippen molar-refractivity contribution in [1.29, 1.82) is 0 Å². The number of thiazole rings is 1. The first-order valence-electron chi connectivity index (χ1n) is 4.82. The summed E-state index contributed by atoms with van der Waals surface area (Å²) >= 11 is 1.70. The van der Waals surface area contributed by atoms with Gasteiger partial charge in [0.15, 0.2) is 0 Å². The van der Waals surface area contributed by atoms with Crippen molar-refractivity contribution in [3.8, 4) is 0 Å². The van der Waals surface area contributed by atoms with Gasteiger partial charge in [0.1, 0.15) is 0 Å². The maximum atomic E-state index is 4.04. The molecule has 1 fully saturated rings. The molecule has 3 nitrogen and oxygen atoms in total. The Bertz CT molecular complexity index is 310. The molecule has 1 saturated heterocycles.